The first kappa shape index (κ1) is 25.8. The zero-order valence-corrected chi connectivity index (χ0v) is 20.9. The molecular weight excluding hydrogens is 513 g/mol. The molecule has 2 aromatic carbocycles. The van der Waals surface area contributed by atoms with Crippen molar-refractivity contribution in [1.82, 2.24) is 14.8 Å². The number of rotatable bonds is 5. The highest BCUT2D eigenvalue weighted by molar-refractivity contribution is 6.07. The summed E-state index contributed by atoms with van der Waals surface area (Å²) in [6, 6.07) is 11.9. The summed E-state index contributed by atoms with van der Waals surface area (Å²) < 4.78 is 46.2. The van der Waals surface area contributed by atoms with Gasteiger partial charge in [0.1, 0.15) is 28.6 Å². The van der Waals surface area contributed by atoms with Crippen LogP contribution in [0, 0.1) is 6.92 Å². The molecule has 0 bridgehead atoms. The number of pyridine rings is 1. The number of nitrogens with one attached hydrogen (secondary N) is 2. The predicted molar refractivity (Wildman–Crippen MR) is 138 cm³/mol. The lowest BCUT2D eigenvalue weighted by Crippen LogP contribution is -2.15. The molecule has 200 valence electrons. The summed E-state index contributed by atoms with van der Waals surface area (Å²) in [5.41, 5.74) is 8.82. The molecule has 0 radical (unpaired) electrons. The number of aryl methyl sites for hydroxylation is 3. The quantitative estimate of drug-likeness (QED) is 0.332. The fraction of sp³-hybridized carbons (Fsp3) is 0.185. The molecule has 0 fully saturated rings. The maximum Gasteiger partial charge on any atom is 0.416 e. The molecule has 0 aliphatic carbocycles. The molecule has 9 nitrogen and oxygen atoms in total. The van der Waals surface area contributed by atoms with Crippen molar-refractivity contribution in [2.45, 2.75) is 26.1 Å². The van der Waals surface area contributed by atoms with Gasteiger partial charge in [-0.3, -0.25) is 9.59 Å². The number of carbonyl (C=O) groups excluding carboxylic acids is 2. The number of carbonyl (C=O) groups is 2. The van der Waals surface area contributed by atoms with Crippen molar-refractivity contribution in [3.63, 3.8) is 0 Å². The van der Waals surface area contributed by atoms with Crippen LogP contribution in [0.5, 0.6) is 5.75 Å². The van der Waals surface area contributed by atoms with Crippen molar-refractivity contribution < 1.29 is 27.5 Å². The molecule has 12 heteroatoms. The average molecular weight is 537 g/mol. The third-order valence-electron chi connectivity index (χ3n) is 6.35. The van der Waals surface area contributed by atoms with Crippen molar-refractivity contribution in [3.05, 3.63) is 82.5 Å². The van der Waals surface area contributed by atoms with Gasteiger partial charge >= 0.3 is 6.18 Å². The second-order valence-corrected chi connectivity index (χ2v) is 8.99. The number of halogens is 3. The van der Waals surface area contributed by atoms with Crippen LogP contribution in [0.2, 0.25) is 0 Å². The van der Waals surface area contributed by atoms with Gasteiger partial charge in [-0.2, -0.15) is 18.3 Å². The topological polar surface area (TPSA) is 124 Å². The summed E-state index contributed by atoms with van der Waals surface area (Å²) in [6.07, 6.45) is -2.94. The van der Waals surface area contributed by atoms with Gasteiger partial charge < -0.3 is 21.1 Å². The number of anilines is 3. The van der Waals surface area contributed by atoms with Crippen molar-refractivity contribution in [2.24, 2.45) is 5.73 Å². The Labute approximate surface area is 220 Å². The average Bonchev–Trinajstić information content (AvgIpc) is 3.16. The van der Waals surface area contributed by atoms with Crippen LogP contribution in [0.15, 0.2) is 54.7 Å². The van der Waals surface area contributed by atoms with Gasteiger partial charge in [0.2, 0.25) is 0 Å². The predicted octanol–water partition coefficient (Wildman–Crippen LogP) is 4.93. The molecule has 4 N–H and O–H groups in total. The lowest BCUT2D eigenvalue weighted by Gasteiger charge is -2.12. The number of hydrogen-bond donors (Lipinski definition) is 3. The molecule has 0 atom stereocenters. The molecule has 2 amide bonds. The van der Waals surface area contributed by atoms with Crippen LogP contribution in [-0.4, -0.2) is 33.7 Å². The second kappa shape index (κ2) is 9.78. The van der Waals surface area contributed by atoms with E-state index in [1.54, 1.807) is 10.7 Å². The summed E-state index contributed by atoms with van der Waals surface area (Å²) in [4.78, 5) is 29.2. The number of nitrogens with two attached hydrogens (primary N) is 1. The van der Waals surface area contributed by atoms with Crippen molar-refractivity contribution >= 4 is 29.1 Å². The highest BCUT2D eigenvalue weighted by Gasteiger charge is 2.31. The summed E-state index contributed by atoms with van der Waals surface area (Å²) in [5.74, 6) is -0.996. The van der Waals surface area contributed by atoms with E-state index in [1.165, 1.54) is 19.2 Å². The highest BCUT2D eigenvalue weighted by atomic mass is 19.4. The summed E-state index contributed by atoms with van der Waals surface area (Å²) in [6.45, 7) is 2.49. The number of hydrogen-bond acceptors (Lipinski definition) is 6. The normalized spacial score (nSPS) is 12.5. The maximum absolute atomic E-state index is 13.0. The molecule has 3 heterocycles. The van der Waals surface area contributed by atoms with E-state index >= 15 is 0 Å². The number of aromatic nitrogens is 3. The summed E-state index contributed by atoms with van der Waals surface area (Å²) in [7, 11) is 1.39. The number of benzene rings is 2. The molecule has 0 saturated carbocycles. The molecule has 0 saturated heterocycles. The number of ether oxygens (including phenoxy) is 1. The lowest BCUT2D eigenvalue weighted by molar-refractivity contribution is -0.137. The fourth-order valence-corrected chi connectivity index (χ4v) is 4.47. The van der Waals surface area contributed by atoms with Gasteiger partial charge in [0.25, 0.3) is 11.8 Å². The smallest absolute Gasteiger partial charge is 0.416 e. The third-order valence-corrected chi connectivity index (χ3v) is 6.35. The fourth-order valence-electron chi connectivity index (χ4n) is 4.47. The number of fused-ring (bicyclic) bond motifs is 2. The van der Waals surface area contributed by atoms with Gasteiger partial charge in [-0.05, 0) is 55.3 Å². The van der Waals surface area contributed by atoms with E-state index in [9.17, 15) is 22.8 Å². The zero-order chi connectivity index (χ0) is 27.9. The minimum absolute atomic E-state index is 0.0960. The minimum atomic E-state index is -4.58. The Morgan fingerprint density at radius 2 is 1.92 bits per heavy atom. The van der Waals surface area contributed by atoms with Crippen molar-refractivity contribution in [3.8, 4) is 17.0 Å². The number of primary amides is 1. The summed E-state index contributed by atoms with van der Waals surface area (Å²) >= 11 is 0. The Morgan fingerprint density at radius 3 is 2.64 bits per heavy atom. The van der Waals surface area contributed by atoms with Crippen LogP contribution in [0.3, 0.4) is 0 Å². The number of amides is 2. The molecule has 0 spiro atoms. The Morgan fingerprint density at radius 1 is 1.13 bits per heavy atom. The van der Waals surface area contributed by atoms with Crippen LogP contribution in [0.1, 0.15) is 37.4 Å². The van der Waals surface area contributed by atoms with Crippen LogP contribution in [0.4, 0.5) is 30.5 Å². The standard InChI is InChI=1S/C27H23F3N6O3/c1-14-3-6-19-15(11-14)8-10-36-25(33-19)22(24(31)37)23(35-36)18-5-4-16(12-20(18)39-2)26(38)34-21-13-17(7-9-32-21)27(28,29)30/h3-7,9,11-13,33H,8,10H2,1-2H3,(H2,31,37)(H,32,34,38). The zero-order valence-electron chi connectivity index (χ0n) is 20.9. The Hall–Kier alpha value is -4.87. The lowest BCUT2D eigenvalue weighted by atomic mass is 10.0. The molecule has 2 aromatic heterocycles. The summed E-state index contributed by atoms with van der Waals surface area (Å²) in [5, 5.41) is 10.3. The first-order chi connectivity index (χ1) is 18.5. The van der Waals surface area contributed by atoms with Crippen molar-refractivity contribution in [2.75, 3.05) is 17.7 Å². The van der Waals surface area contributed by atoms with E-state index < -0.39 is 23.6 Å². The maximum atomic E-state index is 13.0. The van der Waals surface area contributed by atoms with Gasteiger partial charge in [-0.15, -0.1) is 0 Å². The first-order valence-electron chi connectivity index (χ1n) is 11.9. The molecule has 4 aromatic rings. The first-order valence-corrected chi connectivity index (χ1v) is 11.9. The van der Waals surface area contributed by atoms with E-state index in [1.807, 2.05) is 19.1 Å². The number of methoxy groups -OCH3 is 1. The Kier molecular flexibility index (Phi) is 6.46. The monoisotopic (exact) mass is 536 g/mol. The van der Waals surface area contributed by atoms with Gasteiger partial charge in [0.05, 0.1) is 12.7 Å². The molecule has 1 aliphatic heterocycles. The van der Waals surface area contributed by atoms with E-state index in [0.29, 0.717) is 24.3 Å². The minimum Gasteiger partial charge on any atom is -0.496 e. The molecule has 5 rings (SSSR count). The van der Waals surface area contributed by atoms with Gasteiger partial charge in [-0.25, -0.2) is 9.67 Å². The van der Waals surface area contributed by atoms with Crippen LogP contribution in [0.25, 0.3) is 11.3 Å². The molecule has 39 heavy (non-hydrogen) atoms. The van der Waals surface area contributed by atoms with Gasteiger partial charge in [-0.1, -0.05) is 17.7 Å². The van der Waals surface area contributed by atoms with Crippen molar-refractivity contribution in [1.29, 1.82) is 0 Å². The second-order valence-electron chi connectivity index (χ2n) is 8.99. The van der Waals surface area contributed by atoms with Gasteiger partial charge in [0.15, 0.2) is 0 Å². The van der Waals surface area contributed by atoms with E-state index in [4.69, 9.17) is 10.5 Å². The van der Waals surface area contributed by atoms with E-state index in [0.717, 1.165) is 35.1 Å². The van der Waals surface area contributed by atoms with Crippen LogP contribution in [-0.2, 0) is 19.1 Å². The number of alkyl halides is 3. The molecular formula is C27H23F3N6O3. The van der Waals surface area contributed by atoms with Gasteiger partial charge in [0, 0.05) is 29.6 Å². The van der Waals surface area contributed by atoms with E-state index in [-0.39, 0.29) is 28.4 Å². The molecule has 1 aliphatic rings. The SMILES string of the molecule is COc1cc(C(=O)Nc2cc(C(F)(F)F)ccn2)ccc1-c1nn2c(c1C(N)=O)Nc1ccc(C)cc1CC2. The van der Waals surface area contributed by atoms with Crippen LogP contribution >= 0.6 is 0 Å². The number of nitrogens with zero attached hydrogens (tertiary/aromatic N) is 3. The Balaban J connectivity index is 1.49. The highest BCUT2D eigenvalue weighted by Crippen LogP contribution is 2.38. The molecule has 0 unspecified atom stereocenters. The largest absolute Gasteiger partial charge is 0.496 e. The van der Waals surface area contributed by atoms with E-state index in [2.05, 4.69) is 26.8 Å². The third kappa shape index (κ3) is 5.00. The Bertz CT molecular complexity index is 1610. The van der Waals surface area contributed by atoms with Crippen LogP contribution < -0.4 is 21.1 Å².